The standard InChI is InChI=1S/C17H22N2O5/c20-15(19-7-1-3-13(11-19)17(22)23)12-5-8-18(9-6-12)16(21)14-4-2-10-24-14/h2,4,10,12-13H,1,3,5-9,11H2,(H,22,23). The van der Waals surface area contributed by atoms with Crippen molar-refractivity contribution in [3.63, 3.8) is 0 Å². The summed E-state index contributed by atoms with van der Waals surface area (Å²) in [5.74, 6) is -1.20. The topological polar surface area (TPSA) is 91.1 Å². The van der Waals surface area contributed by atoms with E-state index in [0.29, 0.717) is 51.2 Å². The minimum atomic E-state index is -0.827. The fourth-order valence-corrected chi connectivity index (χ4v) is 3.52. The first-order valence-corrected chi connectivity index (χ1v) is 8.40. The second-order valence-electron chi connectivity index (χ2n) is 6.51. The minimum absolute atomic E-state index is 0.0334. The lowest BCUT2D eigenvalue weighted by Crippen LogP contribution is -2.48. The molecule has 1 N–H and O–H groups in total. The van der Waals surface area contributed by atoms with Crippen LogP contribution in [-0.2, 0) is 9.59 Å². The molecular formula is C17H22N2O5. The molecule has 2 fully saturated rings. The number of furan rings is 1. The number of carboxylic acid groups (broad SMARTS) is 1. The molecule has 1 aromatic rings. The molecule has 2 aliphatic rings. The average molecular weight is 334 g/mol. The molecule has 1 unspecified atom stereocenters. The summed E-state index contributed by atoms with van der Waals surface area (Å²) in [4.78, 5) is 39.4. The first kappa shape index (κ1) is 16.5. The number of rotatable bonds is 3. The van der Waals surface area contributed by atoms with Gasteiger partial charge in [0.1, 0.15) is 0 Å². The highest BCUT2D eigenvalue weighted by Gasteiger charge is 2.34. The van der Waals surface area contributed by atoms with Gasteiger partial charge in [-0.15, -0.1) is 0 Å². The molecule has 0 aliphatic carbocycles. The van der Waals surface area contributed by atoms with Crippen LogP contribution in [0.15, 0.2) is 22.8 Å². The van der Waals surface area contributed by atoms with Crippen LogP contribution in [0.4, 0.5) is 0 Å². The third kappa shape index (κ3) is 3.44. The van der Waals surface area contributed by atoms with E-state index in [1.54, 1.807) is 21.9 Å². The van der Waals surface area contributed by atoms with Crippen LogP contribution in [0, 0.1) is 11.8 Å². The fourth-order valence-electron chi connectivity index (χ4n) is 3.52. The molecule has 130 valence electrons. The summed E-state index contributed by atoms with van der Waals surface area (Å²) >= 11 is 0. The first-order chi connectivity index (χ1) is 11.6. The Kier molecular flexibility index (Phi) is 4.87. The summed E-state index contributed by atoms with van der Waals surface area (Å²) in [6.45, 7) is 1.98. The lowest BCUT2D eigenvalue weighted by atomic mass is 9.92. The molecule has 3 rings (SSSR count). The maximum atomic E-state index is 12.6. The van der Waals surface area contributed by atoms with Crippen molar-refractivity contribution in [2.75, 3.05) is 26.2 Å². The molecule has 3 heterocycles. The van der Waals surface area contributed by atoms with Crippen LogP contribution in [0.1, 0.15) is 36.2 Å². The number of hydrogen-bond acceptors (Lipinski definition) is 4. The van der Waals surface area contributed by atoms with Crippen LogP contribution in [0.3, 0.4) is 0 Å². The third-order valence-electron chi connectivity index (χ3n) is 4.95. The monoisotopic (exact) mass is 334 g/mol. The van der Waals surface area contributed by atoms with E-state index in [2.05, 4.69) is 0 Å². The minimum Gasteiger partial charge on any atom is -0.481 e. The van der Waals surface area contributed by atoms with E-state index >= 15 is 0 Å². The summed E-state index contributed by atoms with van der Waals surface area (Å²) in [6, 6.07) is 3.32. The van der Waals surface area contributed by atoms with Crippen LogP contribution in [0.2, 0.25) is 0 Å². The number of hydrogen-bond donors (Lipinski definition) is 1. The van der Waals surface area contributed by atoms with Crippen LogP contribution in [-0.4, -0.2) is 58.9 Å². The third-order valence-corrected chi connectivity index (χ3v) is 4.95. The lowest BCUT2D eigenvalue weighted by Gasteiger charge is -2.36. The molecular weight excluding hydrogens is 312 g/mol. The van der Waals surface area contributed by atoms with E-state index in [4.69, 9.17) is 9.52 Å². The van der Waals surface area contributed by atoms with Gasteiger partial charge in [0.15, 0.2) is 5.76 Å². The SMILES string of the molecule is O=C(O)C1CCCN(C(=O)C2CCN(C(=O)c3ccco3)CC2)C1. The van der Waals surface area contributed by atoms with Crippen LogP contribution in [0.25, 0.3) is 0 Å². The van der Waals surface area contributed by atoms with Gasteiger partial charge in [-0.2, -0.15) is 0 Å². The van der Waals surface area contributed by atoms with Gasteiger partial charge in [-0.3, -0.25) is 14.4 Å². The van der Waals surface area contributed by atoms with E-state index < -0.39 is 11.9 Å². The maximum Gasteiger partial charge on any atom is 0.308 e. The van der Waals surface area contributed by atoms with E-state index in [0.717, 1.165) is 6.42 Å². The molecule has 1 atom stereocenters. The number of aliphatic carboxylic acids is 1. The molecule has 24 heavy (non-hydrogen) atoms. The first-order valence-electron chi connectivity index (χ1n) is 8.40. The van der Waals surface area contributed by atoms with E-state index in [1.807, 2.05) is 0 Å². The largest absolute Gasteiger partial charge is 0.481 e. The number of amides is 2. The summed E-state index contributed by atoms with van der Waals surface area (Å²) in [7, 11) is 0. The summed E-state index contributed by atoms with van der Waals surface area (Å²) in [5.41, 5.74) is 0. The van der Waals surface area contributed by atoms with Crippen molar-refractivity contribution in [1.29, 1.82) is 0 Å². The Morgan fingerprint density at radius 1 is 1.04 bits per heavy atom. The Balaban J connectivity index is 1.53. The van der Waals surface area contributed by atoms with E-state index in [9.17, 15) is 14.4 Å². The van der Waals surface area contributed by atoms with Gasteiger partial charge in [-0.1, -0.05) is 0 Å². The van der Waals surface area contributed by atoms with Gasteiger partial charge < -0.3 is 19.3 Å². The Morgan fingerprint density at radius 2 is 1.79 bits per heavy atom. The second-order valence-corrected chi connectivity index (χ2v) is 6.51. The summed E-state index contributed by atoms with van der Waals surface area (Å²) < 4.78 is 5.13. The quantitative estimate of drug-likeness (QED) is 0.903. The fraction of sp³-hybridized carbons (Fsp3) is 0.588. The molecule has 0 radical (unpaired) electrons. The Bertz CT molecular complexity index is 605. The molecule has 7 nitrogen and oxygen atoms in total. The van der Waals surface area contributed by atoms with Gasteiger partial charge in [-0.05, 0) is 37.8 Å². The highest BCUT2D eigenvalue weighted by atomic mass is 16.4. The van der Waals surface area contributed by atoms with Crippen LogP contribution < -0.4 is 0 Å². The smallest absolute Gasteiger partial charge is 0.308 e. The van der Waals surface area contributed by atoms with Gasteiger partial charge in [0.25, 0.3) is 5.91 Å². The lowest BCUT2D eigenvalue weighted by molar-refractivity contribution is -0.147. The van der Waals surface area contributed by atoms with Gasteiger partial charge in [0, 0.05) is 32.1 Å². The Hall–Kier alpha value is -2.31. The van der Waals surface area contributed by atoms with Gasteiger partial charge >= 0.3 is 5.97 Å². The highest BCUT2D eigenvalue weighted by molar-refractivity contribution is 5.91. The number of piperidine rings is 2. The number of carboxylic acids is 1. The van der Waals surface area contributed by atoms with Gasteiger partial charge in [0.2, 0.25) is 5.91 Å². The molecule has 2 saturated heterocycles. The van der Waals surface area contributed by atoms with Crippen molar-refractivity contribution in [3.05, 3.63) is 24.2 Å². The maximum absolute atomic E-state index is 12.6. The number of likely N-dealkylation sites (tertiary alicyclic amines) is 2. The zero-order valence-electron chi connectivity index (χ0n) is 13.5. The Morgan fingerprint density at radius 3 is 2.42 bits per heavy atom. The van der Waals surface area contributed by atoms with Crippen LogP contribution >= 0.6 is 0 Å². The van der Waals surface area contributed by atoms with Crippen molar-refractivity contribution in [3.8, 4) is 0 Å². The zero-order valence-corrected chi connectivity index (χ0v) is 13.5. The zero-order chi connectivity index (χ0) is 17.1. The normalized spacial score (nSPS) is 22.4. The summed E-state index contributed by atoms with van der Waals surface area (Å²) in [5, 5.41) is 9.14. The number of nitrogens with zero attached hydrogens (tertiary/aromatic N) is 2. The molecule has 2 amide bonds. The van der Waals surface area contributed by atoms with Crippen molar-refractivity contribution in [1.82, 2.24) is 9.80 Å². The molecule has 0 spiro atoms. The molecule has 0 bridgehead atoms. The molecule has 2 aliphatic heterocycles. The second kappa shape index (κ2) is 7.07. The molecule has 7 heteroatoms. The predicted molar refractivity (Wildman–Crippen MR) is 84.3 cm³/mol. The van der Waals surface area contributed by atoms with Gasteiger partial charge in [0.05, 0.1) is 12.2 Å². The van der Waals surface area contributed by atoms with Crippen molar-refractivity contribution in [2.24, 2.45) is 11.8 Å². The Labute approximate surface area is 140 Å². The van der Waals surface area contributed by atoms with Crippen molar-refractivity contribution in [2.45, 2.75) is 25.7 Å². The summed E-state index contributed by atoms with van der Waals surface area (Å²) in [6.07, 6.45) is 4.06. The highest BCUT2D eigenvalue weighted by Crippen LogP contribution is 2.24. The molecule has 0 saturated carbocycles. The van der Waals surface area contributed by atoms with Crippen molar-refractivity contribution >= 4 is 17.8 Å². The average Bonchev–Trinajstić information content (AvgIpc) is 3.15. The van der Waals surface area contributed by atoms with Crippen LogP contribution in [0.5, 0.6) is 0 Å². The van der Waals surface area contributed by atoms with Gasteiger partial charge in [-0.25, -0.2) is 0 Å². The van der Waals surface area contributed by atoms with E-state index in [1.165, 1.54) is 6.26 Å². The van der Waals surface area contributed by atoms with E-state index in [-0.39, 0.29) is 17.7 Å². The van der Waals surface area contributed by atoms with Crippen molar-refractivity contribution < 1.29 is 23.9 Å². The predicted octanol–water partition coefficient (Wildman–Crippen LogP) is 1.45. The molecule has 0 aromatic carbocycles. The number of carbonyl (C=O) groups is 3. The molecule has 1 aromatic heterocycles. The number of carbonyl (C=O) groups excluding carboxylic acids is 2.